The van der Waals surface area contributed by atoms with Gasteiger partial charge in [0.15, 0.2) is 0 Å². The number of rotatable bonds is 3. The molecule has 1 aromatic heterocycles. The highest BCUT2D eigenvalue weighted by Gasteiger charge is 2.21. The van der Waals surface area contributed by atoms with Crippen LogP contribution in [0.15, 0.2) is 22.9 Å². The van der Waals surface area contributed by atoms with Crippen LogP contribution in [0.2, 0.25) is 0 Å². The third-order valence-corrected chi connectivity index (χ3v) is 3.09. The lowest BCUT2D eigenvalue weighted by Gasteiger charge is -2.09. The monoisotopic (exact) mass is 342 g/mol. The Morgan fingerprint density at radius 3 is 2.80 bits per heavy atom. The van der Waals surface area contributed by atoms with Crippen LogP contribution in [-0.4, -0.2) is 14.9 Å². The third-order valence-electron chi connectivity index (χ3n) is 2.48. The van der Waals surface area contributed by atoms with E-state index in [1.165, 1.54) is 0 Å². The summed E-state index contributed by atoms with van der Waals surface area (Å²) in [5.41, 5.74) is 5.59. The van der Waals surface area contributed by atoms with Gasteiger partial charge in [-0.05, 0) is 22.9 Å². The molecule has 2 N–H and O–H groups in total. The number of nitrogens with two attached hydrogens (primary N) is 1. The number of aromatic nitrogens is 2. The van der Waals surface area contributed by atoms with Crippen molar-refractivity contribution >= 4 is 27.4 Å². The first-order valence-electron chi connectivity index (χ1n) is 5.28. The molecule has 0 atom stereocenters. The number of nitrogens with zero attached hydrogens (tertiary/aromatic N) is 3. The second-order valence-corrected chi connectivity index (χ2v) is 4.64. The van der Waals surface area contributed by atoms with E-state index in [0.717, 1.165) is 18.5 Å². The quantitative estimate of drug-likeness (QED) is 0.679. The second-order valence-electron chi connectivity index (χ2n) is 3.78. The van der Waals surface area contributed by atoms with Gasteiger partial charge in [-0.1, -0.05) is 0 Å². The smallest absolute Gasteiger partial charge is 0.312 e. The summed E-state index contributed by atoms with van der Waals surface area (Å²) < 4.78 is 18.8. The van der Waals surface area contributed by atoms with Crippen molar-refractivity contribution in [2.45, 2.75) is 6.92 Å². The highest BCUT2D eigenvalue weighted by atomic mass is 79.9. The summed E-state index contributed by atoms with van der Waals surface area (Å²) in [7, 11) is 0. The highest BCUT2D eigenvalue weighted by Crippen LogP contribution is 2.36. The van der Waals surface area contributed by atoms with E-state index >= 15 is 0 Å². The Balaban J connectivity index is 2.50. The van der Waals surface area contributed by atoms with Gasteiger partial charge in [-0.3, -0.25) is 10.1 Å². The minimum atomic E-state index is -0.690. The number of ether oxygens (including phenoxy) is 1. The van der Waals surface area contributed by atoms with Crippen molar-refractivity contribution in [3.8, 4) is 11.6 Å². The Kier molecular flexibility index (Phi) is 3.79. The van der Waals surface area contributed by atoms with Gasteiger partial charge in [0.1, 0.15) is 18.0 Å². The number of hydrogen-bond donors (Lipinski definition) is 1. The number of nitro groups is 1. The van der Waals surface area contributed by atoms with Crippen LogP contribution in [0.4, 0.5) is 15.9 Å². The number of halogens is 2. The molecule has 104 valence electrons. The zero-order valence-electron chi connectivity index (χ0n) is 10.1. The second kappa shape index (κ2) is 5.37. The van der Waals surface area contributed by atoms with Crippen LogP contribution in [0.5, 0.6) is 11.6 Å². The van der Waals surface area contributed by atoms with Crippen molar-refractivity contribution in [2.75, 3.05) is 5.73 Å². The Bertz CT molecular complexity index is 696. The maximum Gasteiger partial charge on any atom is 0.312 e. The molecule has 7 nitrogen and oxygen atoms in total. The van der Waals surface area contributed by atoms with Crippen LogP contribution in [0, 0.1) is 22.9 Å². The molecule has 0 unspecified atom stereocenters. The first kappa shape index (κ1) is 14.1. The number of hydrogen-bond acceptors (Lipinski definition) is 6. The molecule has 0 radical (unpaired) electrons. The van der Waals surface area contributed by atoms with Crippen LogP contribution in [0.1, 0.15) is 5.56 Å². The van der Waals surface area contributed by atoms with Crippen molar-refractivity contribution in [2.24, 2.45) is 0 Å². The van der Waals surface area contributed by atoms with Crippen LogP contribution in [0.3, 0.4) is 0 Å². The molecule has 0 amide bonds. The van der Waals surface area contributed by atoms with E-state index in [2.05, 4.69) is 25.9 Å². The first-order valence-corrected chi connectivity index (χ1v) is 6.07. The van der Waals surface area contributed by atoms with E-state index in [1.807, 2.05) is 0 Å². The Hall–Kier alpha value is -2.29. The molecule has 2 rings (SSSR count). The SMILES string of the molecule is Cc1c(N)ncnc1Oc1cc(F)c(Br)cc1[N+](=O)[O-]. The van der Waals surface area contributed by atoms with Crippen LogP contribution in [0.25, 0.3) is 0 Å². The van der Waals surface area contributed by atoms with E-state index in [1.54, 1.807) is 6.92 Å². The zero-order chi connectivity index (χ0) is 14.9. The van der Waals surface area contributed by atoms with Crippen molar-refractivity contribution in [1.82, 2.24) is 9.97 Å². The fourth-order valence-corrected chi connectivity index (χ4v) is 1.73. The zero-order valence-corrected chi connectivity index (χ0v) is 11.7. The molecule has 0 fully saturated rings. The molecule has 1 aromatic carbocycles. The number of anilines is 1. The summed E-state index contributed by atoms with van der Waals surface area (Å²) in [5, 5.41) is 11.0. The molecule has 20 heavy (non-hydrogen) atoms. The summed E-state index contributed by atoms with van der Waals surface area (Å²) in [6.07, 6.45) is 1.15. The van der Waals surface area contributed by atoms with Gasteiger partial charge >= 0.3 is 5.69 Å². The van der Waals surface area contributed by atoms with Gasteiger partial charge in [0.25, 0.3) is 0 Å². The summed E-state index contributed by atoms with van der Waals surface area (Å²) in [6, 6.07) is 1.92. The molecular formula is C11H8BrFN4O3. The fourth-order valence-electron chi connectivity index (χ4n) is 1.40. The molecule has 0 spiro atoms. The number of nitrogen functional groups attached to an aromatic ring is 1. The lowest BCUT2D eigenvalue weighted by molar-refractivity contribution is -0.385. The third kappa shape index (κ3) is 2.67. The van der Waals surface area contributed by atoms with Crippen LogP contribution in [-0.2, 0) is 0 Å². The highest BCUT2D eigenvalue weighted by molar-refractivity contribution is 9.10. The van der Waals surface area contributed by atoms with Gasteiger partial charge < -0.3 is 10.5 Å². The maximum absolute atomic E-state index is 13.5. The summed E-state index contributed by atoms with van der Waals surface area (Å²) in [5.74, 6) is -0.750. The molecule has 0 aliphatic rings. The van der Waals surface area contributed by atoms with E-state index < -0.39 is 16.4 Å². The van der Waals surface area contributed by atoms with Crippen molar-refractivity contribution < 1.29 is 14.1 Å². The maximum atomic E-state index is 13.5. The van der Waals surface area contributed by atoms with E-state index in [0.29, 0.717) is 5.56 Å². The molecule has 1 heterocycles. The molecule has 0 bridgehead atoms. The largest absolute Gasteiger partial charge is 0.431 e. The lowest BCUT2D eigenvalue weighted by atomic mass is 10.3. The normalized spacial score (nSPS) is 10.3. The van der Waals surface area contributed by atoms with Crippen molar-refractivity contribution in [3.05, 3.63) is 44.4 Å². The van der Waals surface area contributed by atoms with Gasteiger partial charge in [-0.25, -0.2) is 14.4 Å². The molecule has 9 heteroatoms. The van der Waals surface area contributed by atoms with Crippen molar-refractivity contribution in [3.63, 3.8) is 0 Å². The topological polar surface area (TPSA) is 104 Å². The Morgan fingerprint density at radius 2 is 2.15 bits per heavy atom. The summed E-state index contributed by atoms with van der Waals surface area (Å²) >= 11 is 2.88. The van der Waals surface area contributed by atoms with Gasteiger partial charge in [-0.15, -0.1) is 0 Å². The molecule has 2 aromatic rings. The standard InChI is InChI=1S/C11H8BrFN4O3/c1-5-10(14)15-4-16-11(5)20-9-3-7(13)6(12)2-8(9)17(18)19/h2-4H,1H3,(H2,14,15,16). The van der Waals surface area contributed by atoms with Crippen molar-refractivity contribution in [1.29, 1.82) is 0 Å². The Labute approximate surface area is 120 Å². The molecular weight excluding hydrogens is 335 g/mol. The molecule has 0 saturated carbocycles. The summed E-state index contributed by atoms with van der Waals surface area (Å²) in [4.78, 5) is 17.8. The van der Waals surface area contributed by atoms with Gasteiger partial charge in [-0.2, -0.15) is 0 Å². The Morgan fingerprint density at radius 1 is 1.45 bits per heavy atom. The van der Waals surface area contributed by atoms with E-state index in [4.69, 9.17) is 10.5 Å². The van der Waals surface area contributed by atoms with Gasteiger partial charge in [0.05, 0.1) is 15.0 Å². The first-order chi connectivity index (χ1) is 9.40. The average Bonchev–Trinajstić information content (AvgIpc) is 2.38. The van der Waals surface area contributed by atoms with E-state index in [-0.39, 0.29) is 21.9 Å². The number of nitro benzene ring substituents is 1. The fraction of sp³-hybridized carbons (Fsp3) is 0.0909. The van der Waals surface area contributed by atoms with Crippen LogP contribution < -0.4 is 10.5 Å². The van der Waals surface area contributed by atoms with Gasteiger partial charge in [0.2, 0.25) is 11.6 Å². The summed E-state index contributed by atoms with van der Waals surface area (Å²) in [6.45, 7) is 1.59. The van der Waals surface area contributed by atoms with Crippen LogP contribution >= 0.6 is 15.9 Å². The molecule has 0 saturated heterocycles. The minimum absolute atomic E-state index is 0.0299. The number of benzene rings is 1. The average molecular weight is 343 g/mol. The van der Waals surface area contributed by atoms with Gasteiger partial charge in [0, 0.05) is 12.1 Å². The lowest BCUT2D eigenvalue weighted by Crippen LogP contribution is -2.01. The predicted molar refractivity (Wildman–Crippen MR) is 72.0 cm³/mol. The van der Waals surface area contributed by atoms with E-state index in [9.17, 15) is 14.5 Å². The molecule has 0 aliphatic carbocycles. The minimum Gasteiger partial charge on any atom is -0.431 e. The molecule has 0 aliphatic heterocycles. The predicted octanol–water partition coefficient (Wildman–Crippen LogP) is 2.97.